The number of aromatic nitrogens is 2. The van der Waals surface area contributed by atoms with E-state index < -0.39 is 52.9 Å². The van der Waals surface area contributed by atoms with Gasteiger partial charge in [-0.1, -0.05) is 0 Å². The van der Waals surface area contributed by atoms with E-state index in [1.54, 1.807) is 0 Å². The monoisotopic (exact) mass is 382 g/mol. The maximum Gasteiger partial charge on any atom is 0.330 e. The summed E-state index contributed by atoms with van der Waals surface area (Å²) < 4.78 is 33.1. The van der Waals surface area contributed by atoms with Gasteiger partial charge in [0.2, 0.25) is 0 Å². The van der Waals surface area contributed by atoms with E-state index in [-0.39, 0.29) is 17.9 Å². The molecule has 27 heavy (non-hydrogen) atoms. The number of ether oxygens (including phenoxy) is 3. The predicted octanol–water partition coefficient (Wildman–Crippen LogP) is 0.108. The van der Waals surface area contributed by atoms with Gasteiger partial charge in [0.05, 0.1) is 0 Å². The molecule has 1 saturated heterocycles. The summed E-state index contributed by atoms with van der Waals surface area (Å²) in [5, 5.41) is 0. The zero-order chi connectivity index (χ0) is 19.7. The number of H-pyrrole nitrogens is 1. The first kappa shape index (κ1) is 17.9. The van der Waals surface area contributed by atoms with Crippen LogP contribution in [0.15, 0.2) is 15.8 Å². The van der Waals surface area contributed by atoms with Crippen LogP contribution in [0.1, 0.15) is 38.5 Å². The molecule has 0 radical (unpaired) electrons. The van der Waals surface area contributed by atoms with Crippen molar-refractivity contribution in [2.45, 2.75) is 63.3 Å². The highest BCUT2D eigenvalue weighted by Crippen LogP contribution is 2.68. The Morgan fingerprint density at radius 3 is 2.44 bits per heavy atom. The smallest absolute Gasteiger partial charge is 0.330 e. The topological polar surface area (TPSA) is 117 Å². The number of alkyl halides is 1. The van der Waals surface area contributed by atoms with E-state index >= 15 is 4.39 Å². The number of carbonyl (C=O) groups excluding carboxylic acids is 2. The van der Waals surface area contributed by atoms with Gasteiger partial charge in [0.15, 0.2) is 18.0 Å². The summed E-state index contributed by atoms with van der Waals surface area (Å²) in [5.41, 5.74) is -3.95. The van der Waals surface area contributed by atoms with Crippen molar-refractivity contribution < 1.29 is 28.2 Å². The molecule has 3 aliphatic rings. The van der Waals surface area contributed by atoms with E-state index in [2.05, 4.69) is 4.98 Å². The predicted molar refractivity (Wildman–Crippen MR) is 86.6 cm³/mol. The van der Waals surface area contributed by atoms with Crippen LogP contribution in [0, 0.1) is 12.8 Å². The molecule has 0 aromatic carbocycles. The molecule has 2 saturated carbocycles. The maximum absolute atomic E-state index is 15.6. The van der Waals surface area contributed by atoms with E-state index in [0.29, 0.717) is 6.42 Å². The van der Waals surface area contributed by atoms with Gasteiger partial charge in [-0.25, -0.2) is 9.18 Å². The Balaban J connectivity index is 1.78. The Kier molecular flexibility index (Phi) is 3.65. The summed E-state index contributed by atoms with van der Waals surface area (Å²) >= 11 is 0. The molecular formula is C17H19FN2O7. The number of hydrogen-bond acceptors (Lipinski definition) is 7. The SMILES string of the molecule is CC(=O)O[C@]12C[C@H]1C[C@@]1(OC(C)=O)[C@@H]2O[C@H](n2cc(C)c(=O)[nH]c2=O)[C@@H]1F. The van der Waals surface area contributed by atoms with Crippen molar-refractivity contribution in [1.29, 1.82) is 0 Å². The van der Waals surface area contributed by atoms with Gasteiger partial charge in [-0.15, -0.1) is 0 Å². The molecular weight excluding hydrogens is 363 g/mol. The fraction of sp³-hybridized carbons (Fsp3) is 0.647. The van der Waals surface area contributed by atoms with Gasteiger partial charge in [0.25, 0.3) is 5.56 Å². The molecule has 146 valence electrons. The standard InChI is InChI=1S/C17H19FN2O7/c1-7-6-20(15(24)19-12(7)23)13-11(18)17(27-9(3)22)5-10-4-16(10,14(17)25-13)26-8(2)21/h6,10-11,13-14H,4-5H2,1-3H3,(H,19,23,24)/t10-,11-,13-,14+,16+,17-/m0/s1. The van der Waals surface area contributed by atoms with E-state index in [1.165, 1.54) is 20.0 Å². The fourth-order valence-electron chi connectivity index (χ4n) is 4.58. The molecule has 1 aliphatic heterocycles. The van der Waals surface area contributed by atoms with Crippen molar-refractivity contribution in [2.24, 2.45) is 5.92 Å². The summed E-state index contributed by atoms with van der Waals surface area (Å²) in [6.07, 6.45) is -2.55. The third-order valence-corrected chi connectivity index (χ3v) is 5.63. The number of aryl methyl sites for hydroxylation is 1. The van der Waals surface area contributed by atoms with Gasteiger partial charge in [-0.05, 0) is 19.8 Å². The third-order valence-electron chi connectivity index (χ3n) is 5.63. The number of hydrogen-bond donors (Lipinski definition) is 1. The van der Waals surface area contributed by atoms with E-state index in [0.717, 1.165) is 11.5 Å². The molecule has 6 atom stereocenters. The zero-order valence-electron chi connectivity index (χ0n) is 15.0. The molecule has 3 fully saturated rings. The summed E-state index contributed by atoms with van der Waals surface area (Å²) in [7, 11) is 0. The van der Waals surface area contributed by atoms with Crippen LogP contribution in [0.3, 0.4) is 0 Å². The average Bonchev–Trinajstić information content (AvgIpc) is 3.04. The average molecular weight is 382 g/mol. The summed E-state index contributed by atoms with van der Waals surface area (Å²) in [6, 6.07) is 0. The molecule has 1 aromatic rings. The van der Waals surface area contributed by atoms with Gasteiger partial charge in [0, 0.05) is 31.5 Å². The lowest BCUT2D eigenvalue weighted by molar-refractivity contribution is -0.180. The van der Waals surface area contributed by atoms with Crippen molar-refractivity contribution in [3.8, 4) is 0 Å². The molecule has 0 spiro atoms. The number of rotatable bonds is 3. The zero-order valence-corrected chi connectivity index (χ0v) is 15.0. The Labute approximate surface area is 152 Å². The molecule has 10 heteroatoms. The van der Waals surface area contributed by atoms with Gasteiger partial charge in [0.1, 0.15) is 11.7 Å². The van der Waals surface area contributed by atoms with Gasteiger partial charge in [-0.3, -0.25) is 23.9 Å². The van der Waals surface area contributed by atoms with Crippen LogP contribution in [0.5, 0.6) is 0 Å². The summed E-state index contributed by atoms with van der Waals surface area (Å²) in [4.78, 5) is 49.1. The second-order valence-corrected chi connectivity index (χ2v) is 7.49. The van der Waals surface area contributed by atoms with Crippen molar-refractivity contribution in [1.82, 2.24) is 9.55 Å². The highest BCUT2D eigenvalue weighted by atomic mass is 19.1. The van der Waals surface area contributed by atoms with Crippen molar-refractivity contribution in [3.05, 3.63) is 32.6 Å². The molecule has 2 aliphatic carbocycles. The Morgan fingerprint density at radius 1 is 1.22 bits per heavy atom. The number of aromatic amines is 1. The van der Waals surface area contributed by atoms with Crippen LogP contribution in [-0.2, 0) is 23.8 Å². The van der Waals surface area contributed by atoms with Crippen LogP contribution in [0.25, 0.3) is 0 Å². The van der Waals surface area contributed by atoms with Crippen LogP contribution < -0.4 is 11.2 Å². The summed E-state index contributed by atoms with van der Waals surface area (Å²) in [6.45, 7) is 3.87. The van der Waals surface area contributed by atoms with Gasteiger partial charge in [-0.2, -0.15) is 0 Å². The number of esters is 2. The van der Waals surface area contributed by atoms with Crippen LogP contribution >= 0.6 is 0 Å². The minimum atomic E-state index is -1.88. The van der Waals surface area contributed by atoms with Crippen LogP contribution in [-0.4, -0.2) is 45.0 Å². The maximum atomic E-state index is 15.6. The normalized spacial score (nSPS) is 38.8. The number of halogens is 1. The van der Waals surface area contributed by atoms with E-state index in [4.69, 9.17) is 14.2 Å². The lowest BCUT2D eigenvalue weighted by Crippen LogP contribution is -2.51. The fourth-order valence-corrected chi connectivity index (χ4v) is 4.58. The van der Waals surface area contributed by atoms with E-state index in [9.17, 15) is 19.2 Å². The number of nitrogens with zero attached hydrogens (tertiary/aromatic N) is 1. The number of nitrogens with one attached hydrogen (secondary N) is 1. The Hall–Kier alpha value is -2.49. The van der Waals surface area contributed by atoms with Crippen molar-refractivity contribution in [3.63, 3.8) is 0 Å². The largest absolute Gasteiger partial charge is 0.456 e. The Morgan fingerprint density at radius 2 is 1.81 bits per heavy atom. The van der Waals surface area contributed by atoms with Crippen molar-refractivity contribution in [2.75, 3.05) is 0 Å². The second-order valence-electron chi connectivity index (χ2n) is 7.49. The first-order valence-electron chi connectivity index (χ1n) is 8.61. The number of fused-ring (bicyclic) bond motifs is 3. The molecule has 2 heterocycles. The molecule has 1 aromatic heterocycles. The van der Waals surface area contributed by atoms with E-state index in [1.807, 2.05) is 0 Å². The number of carbonyl (C=O) groups is 2. The van der Waals surface area contributed by atoms with Crippen molar-refractivity contribution >= 4 is 11.9 Å². The molecule has 0 unspecified atom stereocenters. The molecule has 9 nitrogen and oxygen atoms in total. The van der Waals surface area contributed by atoms with Gasteiger partial charge < -0.3 is 14.2 Å². The van der Waals surface area contributed by atoms with Gasteiger partial charge >= 0.3 is 17.6 Å². The molecule has 4 rings (SSSR count). The highest BCUT2D eigenvalue weighted by molar-refractivity contribution is 5.69. The van der Waals surface area contributed by atoms with Crippen LogP contribution in [0.2, 0.25) is 0 Å². The molecule has 1 N–H and O–H groups in total. The molecule has 0 bridgehead atoms. The summed E-state index contributed by atoms with van der Waals surface area (Å²) in [5.74, 6) is -1.43. The lowest BCUT2D eigenvalue weighted by Gasteiger charge is -2.32. The first-order chi connectivity index (χ1) is 12.6. The second kappa shape index (κ2) is 5.51. The Bertz CT molecular complexity index is 955. The highest BCUT2D eigenvalue weighted by Gasteiger charge is 2.83. The first-order valence-corrected chi connectivity index (χ1v) is 8.61. The lowest BCUT2D eigenvalue weighted by atomic mass is 9.90. The quantitative estimate of drug-likeness (QED) is 0.738. The third kappa shape index (κ3) is 2.39. The minimum absolute atomic E-state index is 0.124. The minimum Gasteiger partial charge on any atom is -0.456 e. The molecule has 0 amide bonds. The van der Waals surface area contributed by atoms with Crippen LogP contribution in [0.4, 0.5) is 4.39 Å².